The first-order chi connectivity index (χ1) is 12.3. The van der Waals surface area contributed by atoms with Crippen molar-refractivity contribution in [2.45, 2.75) is 44.4 Å². The van der Waals surface area contributed by atoms with Gasteiger partial charge in [0.25, 0.3) is 8.32 Å². The highest BCUT2D eigenvalue weighted by Crippen LogP contribution is 2.38. The van der Waals surface area contributed by atoms with Crippen molar-refractivity contribution in [2.24, 2.45) is 0 Å². The molecule has 0 unspecified atom stereocenters. The molecule has 1 aliphatic heterocycles. The zero-order chi connectivity index (χ0) is 18.8. The normalized spacial score (nSPS) is 20.9. The lowest BCUT2D eigenvalue weighted by atomic mass is 10.2. The van der Waals surface area contributed by atoms with Crippen molar-refractivity contribution < 1.29 is 14.3 Å². The van der Waals surface area contributed by atoms with Gasteiger partial charge in [-0.1, -0.05) is 81.4 Å². The van der Waals surface area contributed by atoms with E-state index in [-0.39, 0.29) is 11.1 Å². The van der Waals surface area contributed by atoms with Crippen LogP contribution in [-0.2, 0) is 9.22 Å². The first kappa shape index (κ1) is 18.8. The summed E-state index contributed by atoms with van der Waals surface area (Å²) in [6.07, 6.45) is 0.391. The van der Waals surface area contributed by atoms with Crippen LogP contribution in [0.5, 0.6) is 0 Å². The van der Waals surface area contributed by atoms with Crippen LogP contribution < -0.4 is 15.7 Å². The zero-order valence-corrected chi connectivity index (χ0v) is 16.6. The lowest BCUT2D eigenvalue weighted by Gasteiger charge is -2.44. The number of carboxylic acid groups (broad SMARTS) is 1. The Morgan fingerprint density at radius 1 is 1.04 bits per heavy atom. The van der Waals surface area contributed by atoms with E-state index in [0.717, 1.165) is 0 Å². The van der Waals surface area contributed by atoms with Gasteiger partial charge in [0.05, 0.1) is 6.10 Å². The molecule has 1 heterocycles. The molecule has 5 heteroatoms. The molecular formula is C21H27NO3Si. The fourth-order valence-corrected chi connectivity index (χ4v) is 8.62. The molecule has 0 radical (unpaired) electrons. The highest BCUT2D eigenvalue weighted by molar-refractivity contribution is 6.99. The van der Waals surface area contributed by atoms with Crippen LogP contribution in [0.4, 0.5) is 0 Å². The Bertz CT molecular complexity index is 703. The molecule has 4 nitrogen and oxygen atoms in total. The number of carboxylic acids is 1. The summed E-state index contributed by atoms with van der Waals surface area (Å²) in [4.78, 5) is 11.3. The van der Waals surface area contributed by atoms with Gasteiger partial charge in [0, 0.05) is 6.54 Å². The standard InChI is InChI=1S/C21H27NO3Si/c1-21(2,3)26(17-10-6-4-7-11-17,18-12-8-5-9-13-18)25-16-14-19(20(23)24)22-15-16/h4-13,16,19,22H,14-15H2,1-3H3,(H,23,24)/t16-,19-/m0/s1. The van der Waals surface area contributed by atoms with Crippen LogP contribution in [0, 0.1) is 0 Å². The van der Waals surface area contributed by atoms with E-state index in [0.29, 0.717) is 13.0 Å². The summed E-state index contributed by atoms with van der Waals surface area (Å²) in [6.45, 7) is 7.27. The number of rotatable bonds is 5. The Balaban J connectivity index is 2.08. The molecule has 2 atom stereocenters. The molecule has 2 N–H and O–H groups in total. The van der Waals surface area contributed by atoms with Gasteiger partial charge in [-0.05, 0) is 21.8 Å². The predicted molar refractivity (Wildman–Crippen MR) is 107 cm³/mol. The first-order valence-electron chi connectivity index (χ1n) is 9.09. The Labute approximate surface area is 156 Å². The molecule has 1 saturated heterocycles. The Morgan fingerprint density at radius 2 is 1.54 bits per heavy atom. The van der Waals surface area contributed by atoms with Crippen LogP contribution in [0.3, 0.4) is 0 Å². The summed E-state index contributed by atoms with van der Waals surface area (Å²) in [6, 6.07) is 20.4. The van der Waals surface area contributed by atoms with Gasteiger partial charge in [-0.3, -0.25) is 4.79 Å². The fraction of sp³-hybridized carbons (Fsp3) is 0.381. The van der Waals surface area contributed by atoms with Gasteiger partial charge in [0.2, 0.25) is 0 Å². The van der Waals surface area contributed by atoms with Gasteiger partial charge in [0.1, 0.15) is 6.04 Å². The van der Waals surface area contributed by atoms with E-state index in [1.54, 1.807) is 0 Å². The predicted octanol–water partition coefficient (Wildman–Crippen LogP) is 2.38. The third-order valence-corrected chi connectivity index (χ3v) is 10.2. The summed E-state index contributed by atoms with van der Waals surface area (Å²) in [5.74, 6) is -0.807. The molecule has 1 fully saturated rings. The van der Waals surface area contributed by atoms with Gasteiger partial charge < -0.3 is 14.8 Å². The molecule has 0 aliphatic carbocycles. The molecule has 2 aromatic carbocycles. The van der Waals surface area contributed by atoms with Crippen molar-refractivity contribution in [2.75, 3.05) is 6.54 Å². The van der Waals surface area contributed by atoms with Crippen molar-refractivity contribution in [3.05, 3.63) is 60.7 Å². The van der Waals surface area contributed by atoms with Gasteiger partial charge in [-0.2, -0.15) is 0 Å². The molecule has 0 aromatic heterocycles. The van der Waals surface area contributed by atoms with Crippen LogP contribution in [-0.4, -0.2) is 38.1 Å². The summed E-state index contributed by atoms with van der Waals surface area (Å²) in [5, 5.41) is 14.7. The number of benzene rings is 2. The SMILES string of the molecule is CC(C)(C)[Si](O[C@@H]1CN[C@H](C(=O)O)C1)(c1ccccc1)c1ccccc1. The van der Waals surface area contributed by atoms with Crippen molar-refractivity contribution in [3.8, 4) is 0 Å². The summed E-state index contributed by atoms with van der Waals surface area (Å²) in [7, 11) is -2.61. The van der Waals surface area contributed by atoms with Crippen molar-refractivity contribution in [1.29, 1.82) is 0 Å². The van der Waals surface area contributed by atoms with E-state index in [2.05, 4.69) is 74.6 Å². The van der Waals surface area contributed by atoms with Crippen molar-refractivity contribution in [3.63, 3.8) is 0 Å². The maximum absolute atomic E-state index is 11.3. The van der Waals surface area contributed by atoms with Gasteiger partial charge >= 0.3 is 5.97 Å². The quantitative estimate of drug-likeness (QED) is 0.795. The van der Waals surface area contributed by atoms with Crippen LogP contribution in [0.2, 0.25) is 5.04 Å². The maximum atomic E-state index is 11.3. The van der Waals surface area contributed by atoms with Crippen LogP contribution in [0.25, 0.3) is 0 Å². The van der Waals surface area contributed by atoms with Crippen molar-refractivity contribution in [1.82, 2.24) is 5.32 Å². The topological polar surface area (TPSA) is 58.6 Å². The van der Waals surface area contributed by atoms with Gasteiger partial charge in [0.15, 0.2) is 0 Å². The van der Waals surface area contributed by atoms with Crippen LogP contribution >= 0.6 is 0 Å². The molecule has 0 spiro atoms. The summed E-state index contributed by atoms with van der Waals surface area (Å²) >= 11 is 0. The van der Waals surface area contributed by atoms with E-state index >= 15 is 0 Å². The fourth-order valence-electron chi connectivity index (χ4n) is 3.92. The average molecular weight is 370 g/mol. The molecule has 26 heavy (non-hydrogen) atoms. The lowest BCUT2D eigenvalue weighted by molar-refractivity contribution is -0.139. The molecular weight excluding hydrogens is 342 g/mol. The molecule has 0 amide bonds. The van der Waals surface area contributed by atoms with E-state index < -0.39 is 20.3 Å². The third-order valence-electron chi connectivity index (χ3n) is 5.15. The minimum absolute atomic E-state index is 0.100. The summed E-state index contributed by atoms with van der Waals surface area (Å²) < 4.78 is 6.93. The number of hydrogen-bond donors (Lipinski definition) is 2. The minimum Gasteiger partial charge on any atom is -0.480 e. The number of nitrogens with one attached hydrogen (secondary N) is 1. The second-order valence-electron chi connectivity index (χ2n) is 7.94. The second kappa shape index (κ2) is 7.35. The van der Waals surface area contributed by atoms with Crippen LogP contribution in [0.1, 0.15) is 27.2 Å². The van der Waals surface area contributed by atoms with E-state index in [1.165, 1.54) is 10.4 Å². The molecule has 0 saturated carbocycles. The Morgan fingerprint density at radius 3 is 1.92 bits per heavy atom. The molecule has 3 rings (SSSR count). The maximum Gasteiger partial charge on any atom is 0.320 e. The highest BCUT2D eigenvalue weighted by Gasteiger charge is 2.52. The van der Waals surface area contributed by atoms with E-state index in [1.807, 2.05) is 12.1 Å². The molecule has 1 aliphatic rings. The van der Waals surface area contributed by atoms with Crippen molar-refractivity contribution >= 4 is 24.7 Å². The Kier molecular flexibility index (Phi) is 5.32. The largest absolute Gasteiger partial charge is 0.480 e. The molecule has 0 bridgehead atoms. The average Bonchev–Trinajstić information content (AvgIpc) is 3.09. The van der Waals surface area contributed by atoms with Gasteiger partial charge in [-0.15, -0.1) is 0 Å². The highest BCUT2D eigenvalue weighted by atomic mass is 28.4. The molecule has 2 aromatic rings. The van der Waals surface area contributed by atoms with Crippen LogP contribution in [0.15, 0.2) is 60.7 Å². The van der Waals surface area contributed by atoms with E-state index in [9.17, 15) is 9.90 Å². The first-order valence-corrected chi connectivity index (χ1v) is 11.0. The summed E-state index contributed by atoms with van der Waals surface area (Å²) in [5.41, 5.74) is 0. The Hall–Kier alpha value is -1.95. The third kappa shape index (κ3) is 3.47. The molecule has 138 valence electrons. The smallest absolute Gasteiger partial charge is 0.320 e. The lowest BCUT2D eigenvalue weighted by Crippen LogP contribution is -2.67. The van der Waals surface area contributed by atoms with E-state index in [4.69, 9.17) is 4.43 Å². The number of aliphatic carboxylic acids is 1. The van der Waals surface area contributed by atoms with Gasteiger partial charge in [-0.25, -0.2) is 0 Å². The number of hydrogen-bond acceptors (Lipinski definition) is 3. The number of carbonyl (C=O) groups is 1. The second-order valence-corrected chi connectivity index (χ2v) is 12.2. The monoisotopic (exact) mass is 369 g/mol. The minimum atomic E-state index is -2.61. The zero-order valence-electron chi connectivity index (χ0n) is 15.6.